The largest absolute Gasteiger partial charge is 0.489 e. The average Bonchev–Trinajstić information content (AvgIpc) is 2.81. The van der Waals surface area contributed by atoms with Crippen LogP contribution >= 0.6 is 0 Å². The second-order valence-corrected chi connectivity index (χ2v) is 7.52. The van der Waals surface area contributed by atoms with E-state index in [1.54, 1.807) is 31.2 Å². The minimum atomic E-state index is -0.748. The Morgan fingerprint density at radius 3 is 2.48 bits per heavy atom. The van der Waals surface area contributed by atoms with Crippen LogP contribution in [-0.2, 0) is 16.1 Å². The van der Waals surface area contributed by atoms with Crippen molar-refractivity contribution in [2.75, 3.05) is 11.9 Å². The second kappa shape index (κ2) is 9.44. The SMILES string of the molecule is C=CCOC(=O)C1=C(C)Nc2[nH]c(=O)[nH]c(=O)c2C1c1ccc(OCc2ccccc2)cc1. The lowest BCUT2D eigenvalue weighted by atomic mass is 9.82. The zero-order valence-corrected chi connectivity index (χ0v) is 18.0. The van der Waals surface area contributed by atoms with Gasteiger partial charge < -0.3 is 14.8 Å². The number of hydrogen-bond acceptors (Lipinski definition) is 6. The monoisotopic (exact) mass is 445 g/mol. The van der Waals surface area contributed by atoms with Gasteiger partial charge in [0.25, 0.3) is 5.56 Å². The molecule has 8 heteroatoms. The molecule has 2 heterocycles. The number of carbonyl (C=O) groups is 1. The van der Waals surface area contributed by atoms with Crippen LogP contribution in [0.25, 0.3) is 0 Å². The molecule has 0 fully saturated rings. The van der Waals surface area contributed by atoms with Gasteiger partial charge in [0.15, 0.2) is 0 Å². The van der Waals surface area contributed by atoms with E-state index >= 15 is 0 Å². The quantitative estimate of drug-likeness (QED) is 0.380. The molecule has 1 aliphatic heterocycles. The maximum atomic E-state index is 12.9. The summed E-state index contributed by atoms with van der Waals surface area (Å²) < 4.78 is 11.1. The Morgan fingerprint density at radius 2 is 1.79 bits per heavy atom. The Balaban J connectivity index is 1.71. The molecule has 1 aliphatic rings. The summed E-state index contributed by atoms with van der Waals surface area (Å²) in [5, 5.41) is 2.95. The molecule has 0 radical (unpaired) electrons. The molecule has 0 spiro atoms. The summed E-state index contributed by atoms with van der Waals surface area (Å²) in [4.78, 5) is 42.3. The number of hydrogen-bond donors (Lipinski definition) is 3. The van der Waals surface area contributed by atoms with Crippen molar-refractivity contribution in [3.8, 4) is 5.75 Å². The molecule has 168 valence electrons. The van der Waals surface area contributed by atoms with Crippen LogP contribution in [0.3, 0.4) is 0 Å². The number of rotatable bonds is 7. The first-order valence-electron chi connectivity index (χ1n) is 10.4. The Hall–Kier alpha value is -4.33. The van der Waals surface area contributed by atoms with Gasteiger partial charge in [-0.15, -0.1) is 0 Å². The molecule has 33 heavy (non-hydrogen) atoms. The summed E-state index contributed by atoms with van der Waals surface area (Å²) in [7, 11) is 0. The van der Waals surface area contributed by atoms with Crippen molar-refractivity contribution >= 4 is 11.8 Å². The van der Waals surface area contributed by atoms with Crippen LogP contribution in [-0.4, -0.2) is 22.5 Å². The van der Waals surface area contributed by atoms with Crippen LogP contribution in [0.1, 0.15) is 29.5 Å². The summed E-state index contributed by atoms with van der Waals surface area (Å²) in [6.45, 7) is 5.70. The molecular weight excluding hydrogens is 422 g/mol. The molecule has 8 nitrogen and oxygen atoms in total. The summed E-state index contributed by atoms with van der Waals surface area (Å²) in [6.07, 6.45) is 1.47. The molecule has 0 aliphatic carbocycles. The Bertz CT molecular complexity index is 1320. The molecule has 3 N–H and O–H groups in total. The van der Waals surface area contributed by atoms with Gasteiger partial charge in [-0.1, -0.05) is 55.1 Å². The number of carbonyl (C=O) groups excluding carboxylic acids is 1. The van der Waals surface area contributed by atoms with Crippen LogP contribution in [0.2, 0.25) is 0 Å². The van der Waals surface area contributed by atoms with E-state index in [2.05, 4.69) is 21.9 Å². The third-order valence-electron chi connectivity index (χ3n) is 5.29. The maximum Gasteiger partial charge on any atom is 0.337 e. The number of aromatic amines is 2. The highest BCUT2D eigenvalue weighted by Gasteiger charge is 2.36. The highest BCUT2D eigenvalue weighted by Crippen LogP contribution is 2.39. The van der Waals surface area contributed by atoms with Crippen molar-refractivity contribution in [2.45, 2.75) is 19.4 Å². The Kier molecular flexibility index (Phi) is 6.26. The highest BCUT2D eigenvalue weighted by molar-refractivity contribution is 5.94. The van der Waals surface area contributed by atoms with E-state index in [1.165, 1.54) is 6.08 Å². The van der Waals surface area contributed by atoms with Crippen molar-refractivity contribution in [1.82, 2.24) is 9.97 Å². The van der Waals surface area contributed by atoms with E-state index in [-0.39, 0.29) is 23.6 Å². The van der Waals surface area contributed by atoms with E-state index in [4.69, 9.17) is 9.47 Å². The predicted octanol–water partition coefficient (Wildman–Crippen LogP) is 3.20. The maximum absolute atomic E-state index is 12.9. The molecule has 0 saturated heterocycles. The number of nitrogens with one attached hydrogen (secondary N) is 3. The van der Waals surface area contributed by atoms with Gasteiger partial charge in [0.05, 0.1) is 17.1 Å². The molecule has 1 atom stereocenters. The van der Waals surface area contributed by atoms with Gasteiger partial charge >= 0.3 is 11.7 Å². The van der Waals surface area contributed by atoms with Crippen LogP contribution < -0.4 is 21.3 Å². The second-order valence-electron chi connectivity index (χ2n) is 7.52. The number of benzene rings is 2. The fourth-order valence-corrected chi connectivity index (χ4v) is 3.80. The molecule has 2 aromatic carbocycles. The number of esters is 1. The van der Waals surface area contributed by atoms with Gasteiger partial charge in [0.1, 0.15) is 24.8 Å². The lowest BCUT2D eigenvalue weighted by Gasteiger charge is -2.28. The third-order valence-corrected chi connectivity index (χ3v) is 5.29. The van der Waals surface area contributed by atoms with Crippen LogP contribution in [0.15, 0.2) is 88.1 Å². The number of anilines is 1. The van der Waals surface area contributed by atoms with E-state index in [0.29, 0.717) is 23.6 Å². The van der Waals surface area contributed by atoms with Crippen LogP contribution in [0.4, 0.5) is 5.82 Å². The van der Waals surface area contributed by atoms with Crippen molar-refractivity contribution in [3.05, 3.63) is 116 Å². The number of ether oxygens (including phenoxy) is 2. The zero-order chi connectivity index (χ0) is 23.4. The first-order chi connectivity index (χ1) is 16.0. The molecule has 1 unspecified atom stereocenters. The third kappa shape index (κ3) is 4.64. The van der Waals surface area contributed by atoms with E-state index in [0.717, 1.165) is 5.56 Å². The summed E-state index contributed by atoms with van der Waals surface area (Å²) >= 11 is 0. The van der Waals surface area contributed by atoms with Gasteiger partial charge in [-0.05, 0) is 30.2 Å². The lowest BCUT2D eigenvalue weighted by Crippen LogP contribution is -2.35. The van der Waals surface area contributed by atoms with Gasteiger partial charge in [-0.25, -0.2) is 9.59 Å². The summed E-state index contributed by atoms with van der Waals surface area (Å²) in [5.41, 5.74) is 1.47. The number of H-pyrrole nitrogens is 2. The minimum absolute atomic E-state index is 0.0312. The minimum Gasteiger partial charge on any atom is -0.489 e. The number of fused-ring (bicyclic) bond motifs is 1. The smallest absolute Gasteiger partial charge is 0.337 e. The van der Waals surface area contributed by atoms with Crippen molar-refractivity contribution in [2.24, 2.45) is 0 Å². The first kappa shape index (κ1) is 21.9. The average molecular weight is 445 g/mol. The molecule has 0 bridgehead atoms. The Morgan fingerprint density at radius 1 is 1.06 bits per heavy atom. The normalized spacial score (nSPS) is 14.8. The molecule has 4 rings (SSSR count). The topological polar surface area (TPSA) is 113 Å². The fourth-order valence-electron chi connectivity index (χ4n) is 3.80. The molecule has 3 aromatic rings. The first-order valence-corrected chi connectivity index (χ1v) is 10.4. The standard InChI is InChI=1S/C25H23N3O5/c1-3-13-32-24(30)19-15(2)26-22-21(23(29)28-25(31)27-22)20(19)17-9-11-18(12-10-17)33-14-16-7-5-4-6-8-16/h3-12,20H,1,13-14H2,2H3,(H3,26,27,28,29,31). The van der Waals surface area contributed by atoms with Crippen molar-refractivity contribution in [1.29, 1.82) is 0 Å². The summed E-state index contributed by atoms with van der Waals surface area (Å²) in [5.74, 6) is -0.438. The van der Waals surface area contributed by atoms with Gasteiger partial charge in [-0.3, -0.25) is 14.8 Å². The highest BCUT2D eigenvalue weighted by atomic mass is 16.5. The molecule has 0 saturated carbocycles. The summed E-state index contributed by atoms with van der Waals surface area (Å²) in [6, 6.07) is 16.9. The predicted molar refractivity (Wildman–Crippen MR) is 124 cm³/mol. The van der Waals surface area contributed by atoms with Crippen LogP contribution in [0, 0.1) is 0 Å². The van der Waals surface area contributed by atoms with Crippen LogP contribution in [0.5, 0.6) is 5.75 Å². The number of allylic oxidation sites excluding steroid dienone is 1. The van der Waals surface area contributed by atoms with Crippen molar-refractivity contribution in [3.63, 3.8) is 0 Å². The zero-order valence-electron chi connectivity index (χ0n) is 18.0. The van der Waals surface area contributed by atoms with Crippen molar-refractivity contribution < 1.29 is 14.3 Å². The van der Waals surface area contributed by atoms with Gasteiger partial charge in [-0.2, -0.15) is 0 Å². The van der Waals surface area contributed by atoms with E-state index in [9.17, 15) is 14.4 Å². The lowest BCUT2D eigenvalue weighted by molar-refractivity contribution is -0.138. The van der Waals surface area contributed by atoms with Gasteiger partial charge in [0, 0.05) is 5.70 Å². The molecule has 1 aromatic heterocycles. The van der Waals surface area contributed by atoms with E-state index in [1.807, 2.05) is 30.3 Å². The van der Waals surface area contributed by atoms with Gasteiger partial charge in [0.2, 0.25) is 0 Å². The molecule has 0 amide bonds. The molecular formula is C25H23N3O5. The van der Waals surface area contributed by atoms with E-state index < -0.39 is 23.1 Å². The Labute approximate surface area is 189 Å². The number of aromatic nitrogens is 2. The fraction of sp³-hybridized carbons (Fsp3) is 0.160.